The molecule has 0 amide bonds. The van der Waals surface area contributed by atoms with E-state index in [4.69, 9.17) is 14.0 Å². The zero-order valence-corrected chi connectivity index (χ0v) is 12.4. The lowest BCUT2D eigenvalue weighted by molar-refractivity contribution is -0.0186. The Kier molecular flexibility index (Phi) is 4.70. The molecule has 1 fully saturated rings. The summed E-state index contributed by atoms with van der Waals surface area (Å²) in [6.07, 6.45) is -0.0873. The molecule has 0 atom stereocenters. The van der Waals surface area contributed by atoms with Gasteiger partial charge in [-0.2, -0.15) is 0 Å². The largest absolute Gasteiger partial charge is 0.494 e. The monoisotopic (exact) mass is 322 g/mol. The molecule has 1 saturated heterocycles. The summed E-state index contributed by atoms with van der Waals surface area (Å²) in [5, 5.41) is 0. The second kappa shape index (κ2) is 6.74. The predicted octanol–water partition coefficient (Wildman–Crippen LogP) is 2.53. The molecule has 23 heavy (non-hydrogen) atoms. The number of rotatable bonds is 3. The Morgan fingerprint density at radius 1 is 0.957 bits per heavy atom. The lowest BCUT2D eigenvalue weighted by Crippen LogP contribution is -2.46. The summed E-state index contributed by atoms with van der Waals surface area (Å²) >= 11 is 0. The van der Waals surface area contributed by atoms with Gasteiger partial charge < -0.3 is 14.0 Å². The predicted molar refractivity (Wildman–Crippen MR) is 79.8 cm³/mol. The topological polar surface area (TPSA) is 27.7 Å². The van der Waals surface area contributed by atoms with Gasteiger partial charge in [-0.25, -0.2) is 13.2 Å². The van der Waals surface area contributed by atoms with Gasteiger partial charge in [0.05, 0.1) is 13.2 Å². The molecule has 1 aliphatic rings. The maximum Gasteiger partial charge on any atom is 0.494 e. The zero-order chi connectivity index (χ0) is 16.4. The van der Waals surface area contributed by atoms with Gasteiger partial charge in [0.25, 0.3) is 0 Å². The number of ether oxygens (including phenoxy) is 1. The second-order valence-electron chi connectivity index (χ2n) is 5.23. The fraction of sp³-hybridized carbons (Fsp3) is 0.250. The smallest absolute Gasteiger partial charge is 0.404 e. The average Bonchev–Trinajstić information content (AvgIpc) is 2.59. The molecule has 2 aromatic carbocycles. The third-order valence-corrected chi connectivity index (χ3v) is 3.70. The van der Waals surface area contributed by atoms with Crippen molar-refractivity contribution in [2.45, 2.75) is 6.10 Å². The van der Waals surface area contributed by atoms with Crippen molar-refractivity contribution in [3.8, 4) is 11.1 Å². The molecule has 3 rings (SSSR count). The Bertz CT molecular complexity index is 662. The van der Waals surface area contributed by atoms with Crippen LogP contribution >= 0.6 is 0 Å². The minimum absolute atomic E-state index is 0.0873. The number of halogens is 3. The maximum atomic E-state index is 13.3. The Labute approximate surface area is 132 Å². The van der Waals surface area contributed by atoms with Gasteiger partial charge in [-0.05, 0) is 28.7 Å². The maximum absolute atomic E-state index is 13.3. The molecule has 0 N–H and O–H groups in total. The van der Waals surface area contributed by atoms with Crippen molar-refractivity contribution in [2.75, 3.05) is 20.3 Å². The first-order chi connectivity index (χ1) is 11.1. The molecular weight excluding hydrogens is 308 g/mol. The molecule has 0 aliphatic carbocycles. The van der Waals surface area contributed by atoms with Crippen molar-refractivity contribution in [3.63, 3.8) is 0 Å². The molecule has 0 radical (unpaired) electrons. The molecule has 7 heteroatoms. The zero-order valence-electron chi connectivity index (χ0n) is 12.4. The highest BCUT2D eigenvalue weighted by molar-refractivity contribution is 6.61. The third-order valence-electron chi connectivity index (χ3n) is 3.70. The summed E-state index contributed by atoms with van der Waals surface area (Å²) in [5.74, 6) is -3.90. The molecule has 0 saturated carbocycles. The van der Waals surface area contributed by atoms with Crippen LogP contribution in [0.15, 0.2) is 36.4 Å². The van der Waals surface area contributed by atoms with Crippen molar-refractivity contribution < 1.29 is 27.2 Å². The van der Waals surface area contributed by atoms with Crippen LogP contribution in [0.2, 0.25) is 0 Å². The minimum atomic E-state index is -1.47. The summed E-state index contributed by atoms with van der Waals surface area (Å²) in [5.41, 5.74) is 1.61. The summed E-state index contributed by atoms with van der Waals surface area (Å²) in [7, 11) is 1.09. The highest BCUT2D eigenvalue weighted by Crippen LogP contribution is 2.23. The van der Waals surface area contributed by atoms with Crippen molar-refractivity contribution in [1.82, 2.24) is 0 Å². The van der Waals surface area contributed by atoms with Gasteiger partial charge >= 0.3 is 7.12 Å². The molecule has 2 aromatic rings. The van der Waals surface area contributed by atoms with Gasteiger partial charge in [-0.3, -0.25) is 0 Å². The second-order valence-corrected chi connectivity index (χ2v) is 5.23. The Morgan fingerprint density at radius 2 is 1.52 bits per heavy atom. The van der Waals surface area contributed by atoms with Gasteiger partial charge in [0.2, 0.25) is 0 Å². The molecular formula is C16H14BF3O3. The summed E-state index contributed by atoms with van der Waals surface area (Å²) in [6, 6.07) is 8.76. The molecule has 0 aromatic heterocycles. The first-order valence-corrected chi connectivity index (χ1v) is 7.09. The van der Waals surface area contributed by atoms with E-state index in [-0.39, 0.29) is 11.7 Å². The van der Waals surface area contributed by atoms with Crippen LogP contribution in [0, 0.1) is 17.5 Å². The highest BCUT2D eigenvalue weighted by Gasteiger charge is 2.29. The van der Waals surface area contributed by atoms with Crippen LogP contribution in [0.1, 0.15) is 0 Å². The van der Waals surface area contributed by atoms with Crippen LogP contribution in [0.3, 0.4) is 0 Å². The van der Waals surface area contributed by atoms with Gasteiger partial charge in [-0.1, -0.05) is 24.3 Å². The molecule has 0 bridgehead atoms. The first-order valence-electron chi connectivity index (χ1n) is 7.09. The van der Waals surface area contributed by atoms with Gasteiger partial charge in [-0.15, -0.1) is 0 Å². The van der Waals surface area contributed by atoms with Gasteiger partial charge in [0.1, 0.15) is 6.10 Å². The van der Waals surface area contributed by atoms with Crippen LogP contribution in [0.5, 0.6) is 0 Å². The molecule has 1 heterocycles. The fourth-order valence-electron chi connectivity index (χ4n) is 2.37. The molecule has 0 unspecified atom stereocenters. The normalized spacial score (nSPS) is 15.9. The molecule has 3 nitrogen and oxygen atoms in total. The number of methoxy groups -OCH3 is 1. The van der Waals surface area contributed by atoms with Crippen LogP contribution < -0.4 is 5.46 Å². The van der Waals surface area contributed by atoms with E-state index in [1.165, 1.54) is 0 Å². The first kappa shape index (κ1) is 16.0. The van der Waals surface area contributed by atoms with Crippen LogP contribution in [-0.4, -0.2) is 33.5 Å². The van der Waals surface area contributed by atoms with E-state index in [2.05, 4.69) is 0 Å². The molecule has 1 aliphatic heterocycles. The fourth-order valence-corrected chi connectivity index (χ4v) is 2.37. The Balaban J connectivity index is 1.77. The minimum Gasteiger partial charge on any atom is -0.404 e. The van der Waals surface area contributed by atoms with Crippen molar-refractivity contribution in [2.24, 2.45) is 0 Å². The van der Waals surface area contributed by atoms with Crippen molar-refractivity contribution >= 4 is 12.6 Å². The average molecular weight is 322 g/mol. The van der Waals surface area contributed by atoms with Crippen LogP contribution in [-0.2, 0) is 14.0 Å². The van der Waals surface area contributed by atoms with Crippen LogP contribution in [0.4, 0.5) is 13.2 Å². The quantitative estimate of drug-likeness (QED) is 0.642. The molecule has 120 valence electrons. The number of hydrogen-bond acceptors (Lipinski definition) is 3. The van der Waals surface area contributed by atoms with Crippen molar-refractivity contribution in [3.05, 3.63) is 53.8 Å². The van der Waals surface area contributed by atoms with E-state index in [0.717, 1.165) is 17.6 Å². The highest BCUT2D eigenvalue weighted by atomic mass is 19.2. The van der Waals surface area contributed by atoms with E-state index in [1.807, 2.05) is 0 Å². The lowest BCUT2D eigenvalue weighted by atomic mass is 9.77. The Morgan fingerprint density at radius 3 is 2.04 bits per heavy atom. The number of benzene rings is 2. The summed E-state index contributed by atoms with van der Waals surface area (Å²) in [6.45, 7) is 0.856. The Hall–Kier alpha value is -1.83. The summed E-state index contributed by atoms with van der Waals surface area (Å²) in [4.78, 5) is 0. The number of hydrogen-bond donors (Lipinski definition) is 0. The SMILES string of the molecule is COC1COB(c2ccc(-c3cc(F)c(F)c(F)c3)cc2)OC1. The summed E-state index contributed by atoms with van der Waals surface area (Å²) < 4.78 is 55.8. The van der Waals surface area contributed by atoms with E-state index in [0.29, 0.717) is 18.8 Å². The standard InChI is InChI=1S/C16H14BF3O3/c1-21-13-8-22-17(23-9-13)12-4-2-10(3-5-12)11-6-14(18)16(20)15(19)7-11/h2-7,13H,8-9H2,1H3. The van der Waals surface area contributed by atoms with Gasteiger partial charge in [0, 0.05) is 7.11 Å². The van der Waals surface area contributed by atoms with E-state index in [1.54, 1.807) is 31.4 Å². The van der Waals surface area contributed by atoms with E-state index in [9.17, 15) is 13.2 Å². The molecule has 0 spiro atoms. The van der Waals surface area contributed by atoms with Crippen molar-refractivity contribution in [1.29, 1.82) is 0 Å². The third kappa shape index (κ3) is 3.42. The van der Waals surface area contributed by atoms with E-state index >= 15 is 0 Å². The van der Waals surface area contributed by atoms with E-state index < -0.39 is 24.6 Å². The lowest BCUT2D eigenvalue weighted by Gasteiger charge is -2.26. The van der Waals surface area contributed by atoms with Gasteiger partial charge in [0.15, 0.2) is 17.5 Å². The van der Waals surface area contributed by atoms with Crippen LogP contribution in [0.25, 0.3) is 11.1 Å².